The summed E-state index contributed by atoms with van der Waals surface area (Å²) in [5.74, 6) is -0.414. The number of carbonyl (C=O) groups excluding carboxylic acids is 2. The van der Waals surface area contributed by atoms with Gasteiger partial charge in [0.25, 0.3) is 0 Å². The lowest BCUT2D eigenvalue weighted by Crippen LogP contribution is -2.47. The molecular weight excluding hydrogens is 665 g/mol. The molecule has 0 saturated carbocycles. The molecular formula is C30H54N5O11PSi. The first-order valence-electron chi connectivity index (χ1n) is 15.8. The smallest absolute Gasteiger partial charge is 0.427 e. The molecule has 2 rings (SSSR count). The van der Waals surface area contributed by atoms with Gasteiger partial charge in [-0.1, -0.05) is 20.8 Å². The van der Waals surface area contributed by atoms with Crippen LogP contribution >= 0.6 is 7.60 Å². The van der Waals surface area contributed by atoms with Crippen LogP contribution in [0.2, 0.25) is 18.1 Å². The average molecular weight is 720 g/mol. The normalized spacial score (nSPS) is 13.7. The van der Waals surface area contributed by atoms with Crippen LogP contribution in [0.5, 0.6) is 5.88 Å². The number of ether oxygens (including phenoxy) is 4. The Morgan fingerprint density at radius 2 is 1.46 bits per heavy atom. The van der Waals surface area contributed by atoms with Gasteiger partial charge < -0.3 is 37.3 Å². The third-order valence-corrected chi connectivity index (χ3v) is 13.1. The second-order valence-electron chi connectivity index (χ2n) is 14.3. The highest BCUT2D eigenvalue weighted by Gasteiger charge is 2.40. The molecule has 0 N–H and O–H groups in total. The summed E-state index contributed by atoms with van der Waals surface area (Å²) in [6.07, 6.45) is -1.65. The van der Waals surface area contributed by atoms with Gasteiger partial charge in [0, 0.05) is 0 Å². The van der Waals surface area contributed by atoms with E-state index < -0.39 is 45.4 Å². The van der Waals surface area contributed by atoms with Crippen LogP contribution in [-0.4, -0.2) is 97.4 Å². The maximum absolute atomic E-state index is 13.3. The van der Waals surface area contributed by atoms with Crippen LogP contribution < -0.4 is 14.5 Å². The number of carbonyl (C=O) groups is 2. The second-order valence-corrected chi connectivity index (χ2v) is 21.1. The molecule has 1 unspecified atom stereocenters. The predicted octanol–water partition coefficient (Wildman–Crippen LogP) is 6.57. The van der Waals surface area contributed by atoms with E-state index in [0.29, 0.717) is 4.90 Å². The standard InChI is InChI=1S/C30H54N5O11PSi/c1-15-42-47(38,43-16-2)20-40-17-21(46-48(13,14)30(9,10)11)18-41-34-19-31-22-23(34)32-25(33-24(22)39-12)35(26(36)44-28(3,4)5)27(37)45-29(6,7)8/h19,21H,15-18,20H2,1-14H3. The second kappa shape index (κ2) is 16.3. The molecule has 274 valence electrons. The number of hydrogen-bond donors (Lipinski definition) is 0. The number of methoxy groups -OCH3 is 1. The van der Waals surface area contributed by atoms with Crippen LogP contribution in [0.3, 0.4) is 0 Å². The Morgan fingerprint density at radius 1 is 0.917 bits per heavy atom. The fourth-order valence-electron chi connectivity index (χ4n) is 3.71. The zero-order valence-electron chi connectivity index (χ0n) is 30.9. The van der Waals surface area contributed by atoms with Crippen molar-refractivity contribution in [1.29, 1.82) is 0 Å². The van der Waals surface area contributed by atoms with Crippen molar-refractivity contribution in [1.82, 2.24) is 19.7 Å². The minimum absolute atomic E-state index is 0.0118. The molecule has 2 amide bonds. The van der Waals surface area contributed by atoms with Gasteiger partial charge in [0.2, 0.25) is 17.5 Å². The highest BCUT2D eigenvalue weighted by atomic mass is 31.2. The van der Waals surface area contributed by atoms with Crippen LogP contribution in [0.1, 0.15) is 76.2 Å². The zero-order valence-corrected chi connectivity index (χ0v) is 32.8. The number of aromatic nitrogens is 4. The Hall–Kier alpha value is -2.82. The third kappa shape index (κ3) is 11.9. The average Bonchev–Trinajstić information content (AvgIpc) is 3.31. The number of anilines is 1. The number of fused-ring (bicyclic) bond motifs is 1. The maximum Gasteiger partial charge on any atom is 0.427 e. The van der Waals surface area contributed by atoms with Crippen molar-refractivity contribution >= 4 is 45.2 Å². The first-order chi connectivity index (χ1) is 22.0. The molecule has 0 aromatic carbocycles. The number of hydrogen-bond acceptors (Lipinski definition) is 14. The molecule has 0 bridgehead atoms. The number of nitrogens with zero attached hydrogens (tertiary/aromatic N) is 5. The minimum Gasteiger partial charge on any atom is -0.479 e. The summed E-state index contributed by atoms with van der Waals surface area (Å²) in [4.78, 5) is 46.3. The van der Waals surface area contributed by atoms with Crippen molar-refractivity contribution in [3.05, 3.63) is 6.33 Å². The third-order valence-electron chi connectivity index (χ3n) is 6.74. The summed E-state index contributed by atoms with van der Waals surface area (Å²) in [6, 6.07) is 0. The molecule has 1 atom stereocenters. The highest BCUT2D eigenvalue weighted by Crippen LogP contribution is 2.48. The van der Waals surface area contributed by atoms with Crippen LogP contribution in [0, 0.1) is 0 Å². The lowest BCUT2D eigenvalue weighted by Gasteiger charge is -2.39. The van der Waals surface area contributed by atoms with Crippen LogP contribution in [-0.2, 0) is 32.2 Å². The van der Waals surface area contributed by atoms with E-state index in [2.05, 4.69) is 48.8 Å². The quantitative estimate of drug-likeness (QED) is 0.143. The van der Waals surface area contributed by atoms with Crippen LogP contribution in [0.15, 0.2) is 6.33 Å². The molecule has 0 aliphatic carbocycles. The Bertz CT molecular complexity index is 1400. The molecule has 0 spiro atoms. The van der Waals surface area contributed by atoms with Crippen molar-refractivity contribution < 1.29 is 51.4 Å². The summed E-state index contributed by atoms with van der Waals surface area (Å²) < 4.78 is 53.8. The van der Waals surface area contributed by atoms with Crippen LogP contribution in [0.4, 0.5) is 15.5 Å². The van der Waals surface area contributed by atoms with Gasteiger partial charge in [0.15, 0.2) is 13.8 Å². The van der Waals surface area contributed by atoms with Gasteiger partial charge in [-0.15, -0.1) is 4.90 Å². The summed E-state index contributed by atoms with van der Waals surface area (Å²) in [7, 11) is -4.44. The zero-order chi connectivity index (χ0) is 36.7. The number of imide groups is 1. The molecule has 2 aromatic heterocycles. The first kappa shape index (κ1) is 41.3. The number of imidazole rings is 1. The molecule has 0 saturated heterocycles. The van der Waals surface area contributed by atoms with Crippen molar-refractivity contribution in [2.24, 2.45) is 0 Å². The summed E-state index contributed by atoms with van der Waals surface area (Å²) in [6.45, 7) is 24.2. The van der Waals surface area contributed by atoms with E-state index in [4.69, 9.17) is 37.3 Å². The van der Waals surface area contributed by atoms with Gasteiger partial charge in [0.05, 0.1) is 26.9 Å². The van der Waals surface area contributed by atoms with Crippen molar-refractivity contribution in [2.45, 2.75) is 112 Å². The lowest BCUT2D eigenvalue weighted by atomic mass is 10.2. The van der Waals surface area contributed by atoms with Gasteiger partial charge in [-0.3, -0.25) is 4.57 Å². The molecule has 0 fully saturated rings. The molecule has 2 heterocycles. The minimum atomic E-state index is -3.46. The molecule has 16 nitrogen and oxygen atoms in total. The highest BCUT2D eigenvalue weighted by molar-refractivity contribution is 7.53. The predicted molar refractivity (Wildman–Crippen MR) is 182 cm³/mol. The first-order valence-corrected chi connectivity index (χ1v) is 20.4. The van der Waals surface area contributed by atoms with E-state index in [9.17, 15) is 14.2 Å². The maximum atomic E-state index is 13.3. The largest absolute Gasteiger partial charge is 0.479 e. The molecule has 0 aliphatic rings. The lowest BCUT2D eigenvalue weighted by molar-refractivity contribution is -0.00965. The van der Waals surface area contributed by atoms with E-state index in [-0.39, 0.29) is 60.8 Å². The fraction of sp³-hybridized carbons (Fsp3) is 0.767. The monoisotopic (exact) mass is 719 g/mol. The molecule has 0 radical (unpaired) electrons. The van der Waals surface area contributed by atoms with Crippen molar-refractivity contribution in [2.75, 3.05) is 44.8 Å². The fourth-order valence-corrected chi connectivity index (χ4v) is 6.37. The van der Waals surface area contributed by atoms with Gasteiger partial charge in [-0.05, 0) is 73.5 Å². The number of rotatable bonds is 15. The topological polar surface area (TPSA) is 172 Å². The Morgan fingerprint density at radius 3 is 1.92 bits per heavy atom. The van der Waals surface area contributed by atoms with Gasteiger partial charge in [-0.2, -0.15) is 14.7 Å². The van der Waals surface area contributed by atoms with Gasteiger partial charge in [-0.25, -0.2) is 14.6 Å². The van der Waals surface area contributed by atoms with E-state index >= 15 is 0 Å². The van der Waals surface area contributed by atoms with E-state index in [1.807, 2.05) is 0 Å². The van der Waals surface area contributed by atoms with Gasteiger partial charge in [0.1, 0.15) is 36.6 Å². The van der Waals surface area contributed by atoms with Crippen molar-refractivity contribution in [3.63, 3.8) is 0 Å². The molecule has 2 aromatic rings. The van der Waals surface area contributed by atoms with Crippen LogP contribution in [0.25, 0.3) is 11.2 Å². The molecule has 18 heteroatoms. The summed E-state index contributed by atoms with van der Waals surface area (Å²) >= 11 is 0. The Labute approximate surface area is 284 Å². The molecule has 48 heavy (non-hydrogen) atoms. The Kier molecular flexibility index (Phi) is 14.0. The van der Waals surface area contributed by atoms with E-state index in [0.717, 1.165) is 0 Å². The summed E-state index contributed by atoms with van der Waals surface area (Å²) in [5.41, 5.74) is -1.62. The van der Waals surface area contributed by atoms with Gasteiger partial charge >= 0.3 is 19.8 Å². The van der Waals surface area contributed by atoms with E-state index in [1.54, 1.807) is 55.4 Å². The summed E-state index contributed by atoms with van der Waals surface area (Å²) in [5, 5.41) is -0.138. The number of amides is 2. The molecule has 0 aliphatic heterocycles. The van der Waals surface area contributed by atoms with Crippen molar-refractivity contribution in [3.8, 4) is 5.88 Å². The SMILES string of the molecule is CCOP(=O)(COCC(COn1cnc2c(OC)nc(N(C(=O)OC(C)(C)C)C(=O)OC(C)(C)C)nc21)O[Si](C)(C)C(C)(C)C)OCC. The van der Waals surface area contributed by atoms with E-state index in [1.165, 1.54) is 18.2 Å². The Balaban J connectivity index is 2.50.